The van der Waals surface area contributed by atoms with Crippen molar-refractivity contribution < 1.29 is 19.0 Å². The number of halogens is 2. The maximum Gasteiger partial charge on any atom is 0.271 e. The zero-order chi connectivity index (χ0) is 21.2. The molecule has 0 fully saturated rings. The Balaban J connectivity index is 2.07. The average Bonchev–Trinajstić information content (AvgIpc) is 2.71. The van der Waals surface area contributed by atoms with Gasteiger partial charge in [0.1, 0.15) is 19.0 Å². The molecule has 8 heteroatoms. The monoisotopic (exact) mass is 520 g/mol. The van der Waals surface area contributed by atoms with Gasteiger partial charge in [-0.05, 0) is 67.8 Å². The fraction of sp³-hybridized carbons (Fsp3) is 0.143. The van der Waals surface area contributed by atoms with Crippen LogP contribution in [0.15, 0.2) is 57.0 Å². The summed E-state index contributed by atoms with van der Waals surface area (Å²) in [7, 11) is 1.50. The van der Waals surface area contributed by atoms with Crippen LogP contribution < -0.4 is 19.6 Å². The third kappa shape index (κ3) is 6.38. The molecule has 0 unspecified atom stereocenters. The number of methoxy groups -OCH3 is 1. The molecule has 0 spiro atoms. The van der Waals surface area contributed by atoms with Crippen molar-refractivity contribution in [2.75, 3.05) is 20.3 Å². The lowest BCUT2D eigenvalue weighted by Crippen LogP contribution is -2.17. The maximum atomic E-state index is 12.3. The van der Waals surface area contributed by atoms with Gasteiger partial charge in [-0.25, -0.2) is 5.43 Å². The minimum atomic E-state index is -0.387. The number of hydrazone groups is 1. The third-order valence-electron chi connectivity index (χ3n) is 3.48. The van der Waals surface area contributed by atoms with Crippen molar-refractivity contribution >= 4 is 44.0 Å². The van der Waals surface area contributed by atoms with Crippen LogP contribution in [-0.2, 0) is 0 Å². The zero-order valence-electron chi connectivity index (χ0n) is 15.6. The normalized spacial score (nSPS) is 10.3. The molecule has 0 heterocycles. The first kappa shape index (κ1) is 22.5. The van der Waals surface area contributed by atoms with Crippen LogP contribution in [0.2, 0.25) is 0 Å². The Morgan fingerprint density at radius 1 is 1.24 bits per heavy atom. The molecule has 6 nitrogen and oxygen atoms in total. The molecule has 0 aromatic heterocycles. The number of nitrogens with zero attached hydrogens (tertiary/aromatic N) is 1. The van der Waals surface area contributed by atoms with Crippen LogP contribution in [0.5, 0.6) is 17.2 Å². The van der Waals surface area contributed by atoms with E-state index < -0.39 is 0 Å². The number of rotatable bonds is 9. The van der Waals surface area contributed by atoms with Crippen LogP contribution in [0, 0.1) is 12.3 Å². The predicted molar refractivity (Wildman–Crippen MR) is 120 cm³/mol. The fourth-order valence-corrected chi connectivity index (χ4v) is 3.66. The molecule has 0 radical (unpaired) electrons. The first-order valence-electron chi connectivity index (χ1n) is 8.30. The van der Waals surface area contributed by atoms with E-state index in [0.717, 1.165) is 5.56 Å². The van der Waals surface area contributed by atoms with Gasteiger partial charge in [0.05, 0.1) is 22.3 Å². The van der Waals surface area contributed by atoms with Gasteiger partial charge in [0.2, 0.25) is 0 Å². The minimum absolute atomic E-state index is 0.154. The van der Waals surface area contributed by atoms with Crippen LogP contribution in [0.3, 0.4) is 0 Å². The average molecular weight is 522 g/mol. The second kappa shape index (κ2) is 11.3. The summed E-state index contributed by atoms with van der Waals surface area (Å²) in [5.41, 5.74) is 3.60. The quantitative estimate of drug-likeness (QED) is 0.227. The molecule has 29 heavy (non-hydrogen) atoms. The van der Waals surface area contributed by atoms with Crippen LogP contribution >= 0.6 is 31.9 Å². The van der Waals surface area contributed by atoms with Gasteiger partial charge < -0.3 is 14.2 Å². The standard InChI is InChI=1S/C21H18Br2N2O4/c1-4-8-28-18-7-6-15(12-19(18)27-3)21(26)25-24-13-14-10-16(22)20(17(23)11-14)29-9-5-2/h2,4,6-7,10-13H,1,8-9H2,3H3,(H,25,26)/b24-13+. The molecule has 2 aromatic rings. The van der Waals surface area contributed by atoms with Crippen molar-refractivity contribution in [1.82, 2.24) is 5.43 Å². The van der Waals surface area contributed by atoms with E-state index in [4.69, 9.17) is 20.6 Å². The van der Waals surface area contributed by atoms with E-state index in [1.54, 1.807) is 36.4 Å². The Labute approximate surface area is 186 Å². The highest BCUT2D eigenvalue weighted by Crippen LogP contribution is 2.34. The van der Waals surface area contributed by atoms with Gasteiger partial charge in [-0.15, -0.1) is 6.42 Å². The Morgan fingerprint density at radius 2 is 1.97 bits per heavy atom. The minimum Gasteiger partial charge on any atom is -0.493 e. The van der Waals surface area contributed by atoms with E-state index in [-0.39, 0.29) is 12.5 Å². The maximum absolute atomic E-state index is 12.3. The molecule has 0 aliphatic carbocycles. The summed E-state index contributed by atoms with van der Waals surface area (Å²) >= 11 is 6.84. The summed E-state index contributed by atoms with van der Waals surface area (Å²) in [5.74, 6) is 3.58. The number of terminal acetylenes is 1. The topological polar surface area (TPSA) is 69.2 Å². The summed E-state index contributed by atoms with van der Waals surface area (Å²) in [6, 6.07) is 8.44. The number of nitrogens with one attached hydrogen (secondary N) is 1. The Hall–Kier alpha value is -2.76. The lowest BCUT2D eigenvalue weighted by atomic mass is 10.2. The number of carbonyl (C=O) groups excluding carboxylic acids is 1. The molecule has 2 aromatic carbocycles. The summed E-state index contributed by atoms with van der Waals surface area (Å²) in [6.07, 6.45) is 8.35. The second-order valence-corrected chi connectivity index (χ2v) is 7.18. The van der Waals surface area contributed by atoms with Crippen molar-refractivity contribution in [2.45, 2.75) is 0 Å². The number of amides is 1. The molecule has 1 N–H and O–H groups in total. The van der Waals surface area contributed by atoms with Gasteiger partial charge in [-0.3, -0.25) is 4.79 Å². The van der Waals surface area contributed by atoms with E-state index in [1.807, 2.05) is 0 Å². The molecule has 2 rings (SSSR count). The molecule has 0 aliphatic heterocycles. The van der Waals surface area contributed by atoms with Gasteiger partial charge in [-0.1, -0.05) is 18.6 Å². The van der Waals surface area contributed by atoms with Crippen molar-refractivity contribution in [3.63, 3.8) is 0 Å². The SMILES string of the molecule is C#CCOc1c(Br)cc(/C=N/NC(=O)c2ccc(OCC=C)c(OC)c2)cc1Br. The predicted octanol–water partition coefficient (Wildman–Crippen LogP) is 4.56. The second-order valence-electron chi connectivity index (χ2n) is 5.47. The van der Waals surface area contributed by atoms with E-state index in [1.165, 1.54) is 13.3 Å². The summed E-state index contributed by atoms with van der Waals surface area (Å²) in [6.45, 7) is 4.09. The number of hydrogen-bond donors (Lipinski definition) is 1. The van der Waals surface area contributed by atoms with E-state index in [9.17, 15) is 4.79 Å². The van der Waals surface area contributed by atoms with Crippen LogP contribution in [0.1, 0.15) is 15.9 Å². The highest BCUT2D eigenvalue weighted by molar-refractivity contribution is 9.11. The molecular formula is C21H18Br2N2O4. The van der Waals surface area contributed by atoms with Gasteiger partial charge in [0, 0.05) is 5.56 Å². The first-order chi connectivity index (χ1) is 14.0. The Morgan fingerprint density at radius 3 is 2.59 bits per heavy atom. The van der Waals surface area contributed by atoms with Gasteiger partial charge in [0.25, 0.3) is 5.91 Å². The lowest BCUT2D eigenvalue weighted by Gasteiger charge is -2.10. The zero-order valence-corrected chi connectivity index (χ0v) is 18.7. The van der Waals surface area contributed by atoms with Gasteiger partial charge in [-0.2, -0.15) is 5.10 Å². The fourth-order valence-electron chi connectivity index (χ4n) is 2.21. The summed E-state index contributed by atoms with van der Waals surface area (Å²) in [4.78, 5) is 12.3. The van der Waals surface area contributed by atoms with Crippen LogP contribution in [0.4, 0.5) is 0 Å². The van der Waals surface area contributed by atoms with E-state index in [2.05, 4.69) is 54.9 Å². The third-order valence-corrected chi connectivity index (χ3v) is 4.66. The molecule has 0 bridgehead atoms. The Bertz CT molecular complexity index is 945. The van der Waals surface area contributed by atoms with E-state index in [0.29, 0.717) is 38.4 Å². The molecular weight excluding hydrogens is 504 g/mol. The Kier molecular flexibility index (Phi) is 8.77. The van der Waals surface area contributed by atoms with E-state index >= 15 is 0 Å². The van der Waals surface area contributed by atoms with Crippen LogP contribution in [-0.4, -0.2) is 32.4 Å². The summed E-state index contributed by atoms with van der Waals surface area (Å²) < 4.78 is 17.6. The van der Waals surface area contributed by atoms with Gasteiger partial charge >= 0.3 is 0 Å². The van der Waals surface area contributed by atoms with Crippen molar-refractivity contribution in [1.29, 1.82) is 0 Å². The van der Waals surface area contributed by atoms with Crippen LogP contribution in [0.25, 0.3) is 0 Å². The molecule has 0 atom stereocenters. The molecule has 0 aliphatic rings. The molecule has 150 valence electrons. The molecule has 1 amide bonds. The summed E-state index contributed by atoms with van der Waals surface area (Å²) in [5, 5.41) is 3.99. The van der Waals surface area contributed by atoms with Crippen molar-refractivity contribution in [2.24, 2.45) is 5.10 Å². The largest absolute Gasteiger partial charge is 0.493 e. The number of hydrogen-bond acceptors (Lipinski definition) is 5. The number of benzene rings is 2. The number of carbonyl (C=O) groups is 1. The number of ether oxygens (including phenoxy) is 3. The molecule has 0 saturated carbocycles. The van der Waals surface area contributed by atoms with Crippen molar-refractivity contribution in [3.05, 3.63) is 63.1 Å². The first-order valence-corrected chi connectivity index (χ1v) is 9.89. The molecule has 0 saturated heterocycles. The van der Waals surface area contributed by atoms with Crippen molar-refractivity contribution in [3.8, 4) is 29.6 Å². The highest BCUT2D eigenvalue weighted by Gasteiger charge is 2.11. The smallest absolute Gasteiger partial charge is 0.271 e. The lowest BCUT2D eigenvalue weighted by molar-refractivity contribution is 0.0954. The van der Waals surface area contributed by atoms with Gasteiger partial charge in [0.15, 0.2) is 11.5 Å². The highest BCUT2D eigenvalue weighted by atomic mass is 79.9.